The Balaban J connectivity index is 2.41. The van der Waals surface area contributed by atoms with E-state index in [0.717, 1.165) is 12.1 Å². The minimum Gasteiger partial charge on any atom is -0.301 e. The van der Waals surface area contributed by atoms with Crippen LogP contribution in [0, 0.1) is 5.82 Å². The Morgan fingerprint density at radius 3 is 2.28 bits per heavy atom. The van der Waals surface area contributed by atoms with Gasteiger partial charge < -0.3 is 4.79 Å². The summed E-state index contributed by atoms with van der Waals surface area (Å²) >= 11 is 0. The highest BCUT2D eigenvalue weighted by Crippen LogP contribution is 2.42. The number of hydrogen-bond donors (Lipinski definition) is 0. The van der Waals surface area contributed by atoms with Gasteiger partial charge >= 0.3 is 0 Å². The van der Waals surface area contributed by atoms with Gasteiger partial charge in [0.25, 0.3) is 0 Å². The number of rotatable bonds is 5. The fourth-order valence-electron chi connectivity index (χ4n) is 2.01. The second kappa shape index (κ2) is 4.44. The zero-order valence-electron chi connectivity index (χ0n) is 9.97. The van der Waals surface area contributed by atoms with Crippen LogP contribution in [0.15, 0.2) is 29.2 Å². The molecule has 0 heterocycles. The Morgan fingerprint density at radius 1 is 1.33 bits per heavy atom. The van der Waals surface area contributed by atoms with Gasteiger partial charge in [0, 0.05) is 6.54 Å². The second-order valence-electron chi connectivity index (χ2n) is 4.35. The minimum absolute atomic E-state index is 0.0128. The van der Waals surface area contributed by atoms with Crippen LogP contribution in [0.2, 0.25) is 0 Å². The number of nitrogens with zero attached hydrogens (tertiary/aromatic N) is 1. The van der Waals surface area contributed by atoms with E-state index in [1.54, 1.807) is 6.92 Å². The summed E-state index contributed by atoms with van der Waals surface area (Å²) in [4.78, 5) is 11.1. The van der Waals surface area contributed by atoms with Crippen LogP contribution in [0.25, 0.3) is 0 Å². The van der Waals surface area contributed by atoms with Crippen molar-refractivity contribution in [3.05, 3.63) is 30.1 Å². The van der Waals surface area contributed by atoms with Crippen LogP contribution in [0.5, 0.6) is 0 Å². The first-order valence-electron chi connectivity index (χ1n) is 5.71. The van der Waals surface area contributed by atoms with Gasteiger partial charge in [0.1, 0.15) is 12.1 Å². The molecule has 1 fully saturated rings. The predicted molar refractivity (Wildman–Crippen MR) is 64.0 cm³/mol. The van der Waals surface area contributed by atoms with E-state index < -0.39 is 21.4 Å². The molecular weight excluding hydrogens is 257 g/mol. The largest absolute Gasteiger partial charge is 0.301 e. The zero-order valence-corrected chi connectivity index (χ0v) is 10.8. The lowest BCUT2D eigenvalue weighted by Gasteiger charge is -2.25. The number of benzene rings is 1. The standard InChI is InChI=1S/C12H14FNO3S/c1-2-14(12(9-15)7-8-12)18(16,17)11-5-3-10(13)4-6-11/h3-6,9H,2,7-8H2,1H3. The normalized spacial score (nSPS) is 17.7. The highest BCUT2D eigenvalue weighted by molar-refractivity contribution is 7.89. The van der Waals surface area contributed by atoms with Crippen molar-refractivity contribution in [2.75, 3.05) is 6.54 Å². The Hall–Kier alpha value is -1.27. The summed E-state index contributed by atoms with van der Waals surface area (Å²) in [6.07, 6.45) is 1.78. The molecule has 98 valence electrons. The summed E-state index contributed by atoms with van der Waals surface area (Å²) in [6.45, 7) is 1.91. The van der Waals surface area contributed by atoms with Gasteiger partial charge in [-0.3, -0.25) is 0 Å². The van der Waals surface area contributed by atoms with Crippen molar-refractivity contribution in [3.63, 3.8) is 0 Å². The van der Waals surface area contributed by atoms with Gasteiger partial charge in [0.2, 0.25) is 10.0 Å². The van der Waals surface area contributed by atoms with Gasteiger partial charge in [-0.15, -0.1) is 0 Å². The van der Waals surface area contributed by atoms with Crippen molar-refractivity contribution in [1.82, 2.24) is 4.31 Å². The number of halogens is 1. The van der Waals surface area contributed by atoms with E-state index in [9.17, 15) is 17.6 Å². The molecule has 0 aromatic heterocycles. The van der Waals surface area contributed by atoms with Crippen molar-refractivity contribution >= 4 is 16.3 Å². The Bertz CT molecular complexity index is 549. The quantitative estimate of drug-likeness (QED) is 0.764. The molecular formula is C12H14FNO3S. The first-order valence-corrected chi connectivity index (χ1v) is 7.15. The zero-order chi connectivity index (χ0) is 13.4. The van der Waals surface area contributed by atoms with E-state index in [0.29, 0.717) is 19.1 Å². The molecule has 0 aliphatic heterocycles. The van der Waals surface area contributed by atoms with E-state index in [-0.39, 0.29) is 11.4 Å². The van der Waals surface area contributed by atoms with Crippen LogP contribution in [0.1, 0.15) is 19.8 Å². The molecule has 1 aliphatic rings. The molecule has 4 nitrogen and oxygen atoms in total. The fourth-order valence-corrected chi connectivity index (χ4v) is 3.79. The van der Waals surface area contributed by atoms with Crippen LogP contribution in [0.4, 0.5) is 4.39 Å². The fraction of sp³-hybridized carbons (Fsp3) is 0.417. The maximum Gasteiger partial charge on any atom is 0.243 e. The van der Waals surface area contributed by atoms with Crippen molar-refractivity contribution in [1.29, 1.82) is 0 Å². The van der Waals surface area contributed by atoms with Gasteiger partial charge in [-0.05, 0) is 37.1 Å². The summed E-state index contributed by atoms with van der Waals surface area (Å²) in [5, 5.41) is 0. The van der Waals surface area contributed by atoms with Crippen LogP contribution in [0.3, 0.4) is 0 Å². The van der Waals surface area contributed by atoms with Gasteiger partial charge in [0.05, 0.1) is 10.4 Å². The highest BCUT2D eigenvalue weighted by Gasteiger charge is 2.52. The summed E-state index contributed by atoms with van der Waals surface area (Å²) < 4.78 is 38.7. The Labute approximate surface area is 105 Å². The average molecular weight is 271 g/mol. The summed E-state index contributed by atoms with van der Waals surface area (Å²) in [6, 6.07) is 4.63. The maximum atomic E-state index is 12.8. The monoisotopic (exact) mass is 271 g/mol. The number of carbonyl (C=O) groups excluding carboxylic acids is 1. The second-order valence-corrected chi connectivity index (χ2v) is 6.21. The number of sulfonamides is 1. The van der Waals surface area contributed by atoms with E-state index in [1.165, 1.54) is 16.4 Å². The lowest BCUT2D eigenvalue weighted by molar-refractivity contribution is -0.112. The minimum atomic E-state index is -3.74. The smallest absolute Gasteiger partial charge is 0.243 e. The molecule has 1 aromatic rings. The molecule has 1 aliphatic carbocycles. The number of likely N-dealkylation sites (N-methyl/N-ethyl adjacent to an activating group) is 1. The van der Waals surface area contributed by atoms with Crippen LogP contribution >= 0.6 is 0 Å². The highest BCUT2D eigenvalue weighted by atomic mass is 32.2. The van der Waals surface area contributed by atoms with Crippen LogP contribution in [-0.2, 0) is 14.8 Å². The molecule has 18 heavy (non-hydrogen) atoms. The molecule has 0 bridgehead atoms. The lowest BCUT2D eigenvalue weighted by Crippen LogP contribution is -2.43. The topological polar surface area (TPSA) is 54.5 Å². The van der Waals surface area contributed by atoms with Gasteiger partial charge in [0.15, 0.2) is 0 Å². The first kappa shape index (κ1) is 13.2. The Morgan fingerprint density at radius 2 is 1.89 bits per heavy atom. The molecule has 0 radical (unpaired) electrons. The molecule has 0 saturated heterocycles. The van der Waals surface area contributed by atoms with E-state index in [1.807, 2.05) is 0 Å². The van der Waals surface area contributed by atoms with Gasteiger partial charge in [-0.25, -0.2) is 12.8 Å². The third-order valence-electron chi connectivity index (χ3n) is 3.17. The molecule has 2 rings (SSSR count). The number of aldehydes is 1. The predicted octanol–water partition coefficient (Wildman–Crippen LogP) is 1.57. The average Bonchev–Trinajstić information content (AvgIpc) is 3.11. The summed E-state index contributed by atoms with van der Waals surface area (Å²) in [5.74, 6) is -0.492. The lowest BCUT2D eigenvalue weighted by atomic mass is 10.3. The molecule has 0 spiro atoms. The van der Waals surface area contributed by atoms with Crippen LogP contribution < -0.4 is 0 Å². The molecule has 0 unspecified atom stereocenters. The Kier molecular flexibility index (Phi) is 3.25. The van der Waals surface area contributed by atoms with Crippen molar-refractivity contribution in [3.8, 4) is 0 Å². The van der Waals surface area contributed by atoms with Gasteiger partial charge in [-0.1, -0.05) is 6.92 Å². The van der Waals surface area contributed by atoms with E-state index in [4.69, 9.17) is 0 Å². The molecule has 0 atom stereocenters. The third kappa shape index (κ3) is 2.06. The number of hydrogen-bond acceptors (Lipinski definition) is 3. The SMILES string of the molecule is CCN(C1(C=O)CC1)S(=O)(=O)c1ccc(F)cc1. The van der Waals surface area contributed by atoms with Crippen molar-refractivity contribution in [2.45, 2.75) is 30.2 Å². The van der Waals surface area contributed by atoms with Crippen LogP contribution in [-0.4, -0.2) is 31.1 Å². The maximum absolute atomic E-state index is 12.8. The molecule has 0 N–H and O–H groups in total. The molecule has 6 heteroatoms. The third-order valence-corrected chi connectivity index (χ3v) is 5.24. The summed E-state index contributed by atoms with van der Waals surface area (Å²) in [7, 11) is -3.74. The molecule has 1 aromatic carbocycles. The molecule has 1 saturated carbocycles. The van der Waals surface area contributed by atoms with E-state index in [2.05, 4.69) is 0 Å². The van der Waals surface area contributed by atoms with Crippen molar-refractivity contribution in [2.24, 2.45) is 0 Å². The van der Waals surface area contributed by atoms with Gasteiger partial charge in [-0.2, -0.15) is 4.31 Å². The van der Waals surface area contributed by atoms with Crippen molar-refractivity contribution < 1.29 is 17.6 Å². The summed E-state index contributed by atoms with van der Waals surface area (Å²) in [5.41, 5.74) is -0.887. The molecule has 0 amide bonds. The van der Waals surface area contributed by atoms with E-state index >= 15 is 0 Å². The number of carbonyl (C=O) groups is 1. The first-order chi connectivity index (χ1) is 8.46.